The van der Waals surface area contributed by atoms with Crippen molar-refractivity contribution in [1.29, 1.82) is 0 Å². The van der Waals surface area contributed by atoms with Crippen LogP contribution in [0.25, 0.3) is 0 Å². The Bertz CT molecular complexity index is 430. The van der Waals surface area contributed by atoms with Gasteiger partial charge in [0.15, 0.2) is 5.69 Å². The molecule has 0 unspecified atom stereocenters. The highest BCUT2D eigenvalue weighted by Gasteiger charge is 2.11. The average Bonchev–Trinajstić information content (AvgIpc) is 2.18. The van der Waals surface area contributed by atoms with E-state index in [4.69, 9.17) is 0 Å². The summed E-state index contributed by atoms with van der Waals surface area (Å²) >= 11 is 0. The van der Waals surface area contributed by atoms with Crippen molar-refractivity contribution < 1.29 is 9.90 Å². The van der Waals surface area contributed by atoms with E-state index in [0.717, 1.165) is 0 Å². The lowest BCUT2D eigenvalue weighted by molar-refractivity contribution is 0.0948. The van der Waals surface area contributed by atoms with Gasteiger partial charge in [0, 0.05) is 18.3 Å². The van der Waals surface area contributed by atoms with Crippen molar-refractivity contribution in [2.24, 2.45) is 0 Å². The van der Waals surface area contributed by atoms with Crippen LogP contribution in [-0.2, 0) is 0 Å². The molecule has 1 amide bonds. The van der Waals surface area contributed by atoms with E-state index >= 15 is 0 Å². The first-order valence-electron chi connectivity index (χ1n) is 4.59. The number of hydrogen-bond donors (Lipinski definition) is 2. The second-order valence-electron chi connectivity index (χ2n) is 2.83. The fourth-order valence-corrected chi connectivity index (χ4v) is 1.09. The predicted molar refractivity (Wildman–Crippen MR) is 56.5 cm³/mol. The summed E-state index contributed by atoms with van der Waals surface area (Å²) in [7, 11) is 0. The second kappa shape index (κ2) is 5.01. The number of pyridine rings is 1. The van der Waals surface area contributed by atoms with Crippen LogP contribution < -0.4 is 5.32 Å². The number of nitrogens with one attached hydrogen (secondary N) is 1. The average molecular weight is 204 g/mol. The van der Waals surface area contributed by atoms with Crippen molar-refractivity contribution in [3.63, 3.8) is 0 Å². The van der Waals surface area contributed by atoms with Gasteiger partial charge in [-0.05, 0) is 19.9 Å². The molecule has 4 nitrogen and oxygen atoms in total. The van der Waals surface area contributed by atoms with Crippen LogP contribution in [0, 0.1) is 11.8 Å². The van der Waals surface area contributed by atoms with E-state index in [-0.39, 0.29) is 17.4 Å². The van der Waals surface area contributed by atoms with Gasteiger partial charge in [0.25, 0.3) is 5.91 Å². The molecule has 2 N–H and O–H groups in total. The van der Waals surface area contributed by atoms with E-state index in [1.807, 2.05) is 0 Å². The lowest BCUT2D eigenvalue weighted by atomic mass is 10.2. The summed E-state index contributed by atoms with van der Waals surface area (Å²) < 4.78 is 0. The zero-order valence-corrected chi connectivity index (χ0v) is 8.66. The summed E-state index contributed by atoms with van der Waals surface area (Å²) in [6.07, 6.45) is 1.46. The van der Waals surface area contributed by atoms with Crippen LogP contribution in [0.2, 0.25) is 0 Å². The largest absolute Gasteiger partial charge is 0.505 e. The van der Waals surface area contributed by atoms with Gasteiger partial charge in [-0.1, -0.05) is 5.92 Å². The number of aromatic hydroxyl groups is 1. The van der Waals surface area contributed by atoms with Gasteiger partial charge in [-0.3, -0.25) is 4.79 Å². The maximum Gasteiger partial charge on any atom is 0.273 e. The zero-order valence-electron chi connectivity index (χ0n) is 8.66. The van der Waals surface area contributed by atoms with Crippen molar-refractivity contribution in [1.82, 2.24) is 10.3 Å². The van der Waals surface area contributed by atoms with Crippen LogP contribution in [0.15, 0.2) is 12.3 Å². The number of carbonyl (C=O) groups is 1. The highest BCUT2D eigenvalue weighted by atomic mass is 16.3. The van der Waals surface area contributed by atoms with Crippen LogP contribution in [-0.4, -0.2) is 22.5 Å². The SMILES string of the molecule is CC#Cc1cnc(C(=O)NCC)c(O)c1. The Balaban J connectivity index is 3.01. The van der Waals surface area contributed by atoms with Crippen molar-refractivity contribution in [2.75, 3.05) is 6.54 Å². The topological polar surface area (TPSA) is 62.2 Å². The maximum atomic E-state index is 11.4. The number of aromatic nitrogens is 1. The van der Waals surface area contributed by atoms with Crippen molar-refractivity contribution in [3.05, 3.63) is 23.5 Å². The minimum atomic E-state index is -0.383. The molecule has 0 aliphatic heterocycles. The van der Waals surface area contributed by atoms with Crippen molar-refractivity contribution in [3.8, 4) is 17.6 Å². The van der Waals surface area contributed by atoms with Gasteiger partial charge in [-0.2, -0.15) is 0 Å². The monoisotopic (exact) mass is 204 g/mol. The fraction of sp³-hybridized carbons (Fsp3) is 0.273. The molecule has 1 aromatic rings. The summed E-state index contributed by atoms with van der Waals surface area (Å²) in [6.45, 7) is 3.98. The lowest BCUT2D eigenvalue weighted by Crippen LogP contribution is -2.23. The molecule has 78 valence electrons. The van der Waals surface area contributed by atoms with Gasteiger partial charge in [0.1, 0.15) is 5.75 Å². The Kier molecular flexibility index (Phi) is 3.69. The van der Waals surface area contributed by atoms with E-state index in [2.05, 4.69) is 22.1 Å². The highest BCUT2D eigenvalue weighted by Crippen LogP contribution is 2.15. The first kappa shape index (κ1) is 11.1. The molecule has 0 aliphatic carbocycles. The molecule has 0 spiro atoms. The predicted octanol–water partition coefficient (Wildman–Crippen LogP) is 0.908. The van der Waals surface area contributed by atoms with Crippen molar-refractivity contribution >= 4 is 5.91 Å². The van der Waals surface area contributed by atoms with Crippen LogP contribution in [0.3, 0.4) is 0 Å². The number of rotatable bonds is 2. The number of hydrogen-bond acceptors (Lipinski definition) is 3. The van der Waals surface area contributed by atoms with Crippen molar-refractivity contribution in [2.45, 2.75) is 13.8 Å². The van der Waals surface area contributed by atoms with Gasteiger partial charge in [0.05, 0.1) is 0 Å². The molecule has 0 radical (unpaired) electrons. The highest BCUT2D eigenvalue weighted by molar-refractivity contribution is 5.94. The Labute approximate surface area is 88.3 Å². The molecule has 15 heavy (non-hydrogen) atoms. The molecule has 0 saturated carbocycles. The van der Waals surface area contributed by atoms with E-state index in [0.29, 0.717) is 12.1 Å². The summed E-state index contributed by atoms with van der Waals surface area (Å²) in [5.41, 5.74) is 0.613. The van der Waals surface area contributed by atoms with Gasteiger partial charge in [-0.25, -0.2) is 4.98 Å². The summed E-state index contributed by atoms with van der Waals surface area (Å²) in [5.74, 6) is 4.89. The standard InChI is InChI=1S/C11H12N2O2/c1-3-5-8-6-9(14)10(13-7-8)11(15)12-4-2/h6-7,14H,4H2,1-2H3,(H,12,15). The van der Waals surface area contributed by atoms with Crippen LogP contribution in [0.5, 0.6) is 5.75 Å². The van der Waals surface area contributed by atoms with Gasteiger partial charge >= 0.3 is 0 Å². The molecule has 1 rings (SSSR count). The molecule has 1 aromatic heterocycles. The van der Waals surface area contributed by atoms with Gasteiger partial charge < -0.3 is 10.4 Å². The molecular formula is C11H12N2O2. The summed E-state index contributed by atoms with van der Waals surface area (Å²) in [6, 6.07) is 1.42. The van der Waals surface area contributed by atoms with Gasteiger partial charge in [0.2, 0.25) is 0 Å². The van der Waals surface area contributed by atoms with Gasteiger partial charge in [-0.15, -0.1) is 5.92 Å². The van der Waals surface area contributed by atoms with Crippen LogP contribution >= 0.6 is 0 Å². The minimum Gasteiger partial charge on any atom is -0.505 e. The molecule has 0 saturated heterocycles. The first-order chi connectivity index (χ1) is 7.19. The third kappa shape index (κ3) is 2.71. The minimum absolute atomic E-state index is 0.0264. The van der Waals surface area contributed by atoms with E-state index in [1.165, 1.54) is 12.3 Å². The second-order valence-corrected chi connectivity index (χ2v) is 2.83. The number of carbonyl (C=O) groups excluding carboxylic acids is 1. The molecule has 0 fully saturated rings. The molecule has 0 atom stereocenters. The Morgan fingerprint density at radius 1 is 1.67 bits per heavy atom. The van der Waals surface area contributed by atoms with E-state index < -0.39 is 0 Å². The van der Waals surface area contributed by atoms with E-state index in [1.54, 1.807) is 13.8 Å². The Morgan fingerprint density at radius 3 is 2.93 bits per heavy atom. The Hall–Kier alpha value is -2.02. The fourth-order valence-electron chi connectivity index (χ4n) is 1.09. The summed E-state index contributed by atoms with van der Waals surface area (Å²) in [5, 5.41) is 12.1. The molecule has 0 bridgehead atoms. The molecular weight excluding hydrogens is 192 g/mol. The Morgan fingerprint density at radius 2 is 2.40 bits per heavy atom. The normalized spacial score (nSPS) is 8.93. The molecule has 1 heterocycles. The van der Waals surface area contributed by atoms with E-state index in [9.17, 15) is 9.90 Å². The maximum absolute atomic E-state index is 11.4. The first-order valence-corrected chi connectivity index (χ1v) is 4.59. The number of nitrogens with zero attached hydrogens (tertiary/aromatic N) is 1. The quantitative estimate of drug-likeness (QED) is 0.704. The van der Waals surface area contributed by atoms with Crippen LogP contribution in [0.4, 0.5) is 0 Å². The smallest absolute Gasteiger partial charge is 0.273 e. The third-order valence-electron chi connectivity index (χ3n) is 1.69. The third-order valence-corrected chi connectivity index (χ3v) is 1.69. The zero-order chi connectivity index (χ0) is 11.3. The molecule has 0 aliphatic rings. The van der Waals surface area contributed by atoms with Crippen LogP contribution in [0.1, 0.15) is 29.9 Å². The lowest BCUT2D eigenvalue weighted by Gasteiger charge is -2.03. The molecule has 4 heteroatoms. The number of amides is 1. The summed E-state index contributed by atoms with van der Waals surface area (Å²) in [4.78, 5) is 15.2. The molecule has 0 aromatic carbocycles.